The molecule has 24 heavy (non-hydrogen) atoms. The van der Waals surface area contributed by atoms with Crippen LogP contribution in [-0.2, 0) is 9.59 Å². The Hall–Kier alpha value is -0.850. The maximum atomic E-state index is 12.8. The highest BCUT2D eigenvalue weighted by Crippen LogP contribution is 2.34. The van der Waals surface area contributed by atoms with Crippen LogP contribution < -0.4 is 11.1 Å². The minimum absolute atomic E-state index is 0. The summed E-state index contributed by atoms with van der Waals surface area (Å²) in [7, 11) is 0. The van der Waals surface area contributed by atoms with Crippen molar-refractivity contribution in [1.29, 1.82) is 0 Å². The smallest absolute Gasteiger partial charge is 0.236 e. The fourth-order valence-corrected chi connectivity index (χ4v) is 4.53. The molecule has 6 nitrogen and oxygen atoms in total. The molecule has 0 radical (unpaired) electrons. The molecule has 7 heteroatoms. The van der Waals surface area contributed by atoms with Crippen LogP contribution in [0.4, 0.5) is 0 Å². The summed E-state index contributed by atoms with van der Waals surface area (Å²) in [4.78, 5) is 28.5. The van der Waals surface area contributed by atoms with Crippen LogP contribution in [0.15, 0.2) is 0 Å². The molecule has 1 aliphatic carbocycles. The normalized spacial score (nSPS) is 27.5. The van der Waals surface area contributed by atoms with Crippen LogP contribution in [0.25, 0.3) is 0 Å². The van der Waals surface area contributed by atoms with Crippen molar-refractivity contribution in [3.8, 4) is 0 Å². The van der Waals surface area contributed by atoms with E-state index in [1.807, 2.05) is 4.90 Å². The van der Waals surface area contributed by atoms with E-state index in [1.54, 1.807) is 0 Å². The minimum Gasteiger partial charge on any atom is -0.369 e. The number of amides is 2. The molecule has 2 heterocycles. The number of hydrogen-bond acceptors (Lipinski definition) is 4. The van der Waals surface area contributed by atoms with E-state index in [4.69, 9.17) is 5.73 Å². The predicted molar refractivity (Wildman–Crippen MR) is 96.0 cm³/mol. The van der Waals surface area contributed by atoms with Crippen molar-refractivity contribution in [2.45, 2.75) is 50.5 Å². The molecule has 0 aromatic rings. The standard InChI is InChI=1S/C17H30N4O2.ClH/c18-16(23)14-5-4-9-20(11-14)15(22)12-21-10-8-19-13-17(21)6-2-1-3-7-17;/h14,19H,1-13H2,(H2,18,23);1H. The number of hydrogen-bond donors (Lipinski definition) is 2. The molecule has 0 bridgehead atoms. The number of primary amides is 1. The number of piperidine rings is 1. The van der Waals surface area contributed by atoms with Gasteiger partial charge in [-0.25, -0.2) is 0 Å². The molecule has 1 atom stereocenters. The van der Waals surface area contributed by atoms with Crippen LogP contribution in [0.3, 0.4) is 0 Å². The fraction of sp³-hybridized carbons (Fsp3) is 0.882. The van der Waals surface area contributed by atoms with Gasteiger partial charge >= 0.3 is 0 Å². The number of nitrogens with one attached hydrogen (secondary N) is 1. The van der Waals surface area contributed by atoms with Crippen molar-refractivity contribution in [2.24, 2.45) is 11.7 Å². The second-order valence-electron chi connectivity index (χ2n) is 7.46. The summed E-state index contributed by atoms with van der Waals surface area (Å²) in [5, 5.41) is 3.52. The molecule has 3 aliphatic rings. The molecular formula is C17H31ClN4O2. The van der Waals surface area contributed by atoms with Gasteiger partial charge in [0, 0.05) is 38.3 Å². The average Bonchev–Trinajstić information content (AvgIpc) is 2.58. The molecule has 138 valence electrons. The summed E-state index contributed by atoms with van der Waals surface area (Å²) in [6.45, 7) is 4.67. The van der Waals surface area contributed by atoms with E-state index in [2.05, 4.69) is 10.2 Å². The van der Waals surface area contributed by atoms with Gasteiger partial charge in [0.15, 0.2) is 0 Å². The molecular weight excluding hydrogens is 328 g/mol. The first-order chi connectivity index (χ1) is 11.1. The number of piperazine rings is 1. The van der Waals surface area contributed by atoms with Gasteiger partial charge in [-0.1, -0.05) is 19.3 Å². The molecule has 3 rings (SSSR count). The number of halogens is 1. The van der Waals surface area contributed by atoms with E-state index < -0.39 is 0 Å². The van der Waals surface area contributed by atoms with Gasteiger partial charge in [0.05, 0.1) is 12.5 Å². The summed E-state index contributed by atoms with van der Waals surface area (Å²) >= 11 is 0. The summed E-state index contributed by atoms with van der Waals surface area (Å²) in [5.41, 5.74) is 5.60. The van der Waals surface area contributed by atoms with Crippen molar-refractivity contribution in [3.05, 3.63) is 0 Å². The van der Waals surface area contributed by atoms with Gasteiger partial charge in [0.25, 0.3) is 0 Å². The third kappa shape index (κ3) is 4.21. The van der Waals surface area contributed by atoms with Gasteiger partial charge in [-0.15, -0.1) is 12.4 Å². The Morgan fingerprint density at radius 2 is 1.88 bits per heavy atom. The second-order valence-corrected chi connectivity index (χ2v) is 7.46. The summed E-state index contributed by atoms with van der Waals surface area (Å²) in [6.07, 6.45) is 7.92. The Balaban J connectivity index is 0.00000208. The quantitative estimate of drug-likeness (QED) is 0.780. The highest BCUT2D eigenvalue weighted by molar-refractivity contribution is 5.85. The Labute approximate surface area is 150 Å². The number of likely N-dealkylation sites (tertiary alicyclic amines) is 1. The van der Waals surface area contributed by atoms with Crippen LogP contribution in [0, 0.1) is 5.92 Å². The van der Waals surface area contributed by atoms with Gasteiger partial charge in [-0.05, 0) is 25.7 Å². The molecule has 3 fully saturated rings. The van der Waals surface area contributed by atoms with Gasteiger partial charge in [0.1, 0.15) is 0 Å². The van der Waals surface area contributed by atoms with E-state index in [1.165, 1.54) is 32.1 Å². The van der Waals surface area contributed by atoms with Crippen molar-refractivity contribution < 1.29 is 9.59 Å². The number of rotatable bonds is 3. The van der Waals surface area contributed by atoms with Crippen molar-refractivity contribution >= 4 is 24.2 Å². The zero-order valence-corrected chi connectivity index (χ0v) is 15.3. The third-order valence-electron chi connectivity index (χ3n) is 5.97. The van der Waals surface area contributed by atoms with Crippen LogP contribution in [0.5, 0.6) is 0 Å². The van der Waals surface area contributed by atoms with Gasteiger partial charge in [0.2, 0.25) is 11.8 Å². The second kappa shape index (κ2) is 8.50. The van der Waals surface area contributed by atoms with E-state index in [0.717, 1.165) is 39.0 Å². The van der Waals surface area contributed by atoms with Crippen molar-refractivity contribution in [1.82, 2.24) is 15.1 Å². The van der Waals surface area contributed by atoms with E-state index in [-0.39, 0.29) is 35.7 Å². The predicted octanol–water partition coefficient (Wildman–Crippen LogP) is 0.740. The monoisotopic (exact) mass is 358 g/mol. The molecule has 1 unspecified atom stereocenters. The molecule has 3 N–H and O–H groups in total. The topological polar surface area (TPSA) is 78.7 Å². The Kier molecular flexibility index (Phi) is 6.89. The number of nitrogens with zero attached hydrogens (tertiary/aromatic N) is 2. The lowest BCUT2D eigenvalue weighted by atomic mass is 9.79. The molecule has 2 amide bonds. The van der Waals surface area contributed by atoms with E-state index in [9.17, 15) is 9.59 Å². The fourth-order valence-electron chi connectivity index (χ4n) is 4.53. The van der Waals surface area contributed by atoms with Gasteiger partial charge < -0.3 is 16.0 Å². The van der Waals surface area contributed by atoms with Crippen molar-refractivity contribution in [3.63, 3.8) is 0 Å². The summed E-state index contributed by atoms with van der Waals surface area (Å²) in [6, 6.07) is 0. The molecule has 0 aromatic carbocycles. The SMILES string of the molecule is Cl.NC(=O)C1CCCN(C(=O)CN2CCNCC23CCCCC3)C1. The maximum absolute atomic E-state index is 12.8. The molecule has 2 aliphatic heterocycles. The maximum Gasteiger partial charge on any atom is 0.236 e. The lowest BCUT2D eigenvalue weighted by Crippen LogP contribution is -2.64. The summed E-state index contributed by atoms with van der Waals surface area (Å²) < 4.78 is 0. The first-order valence-electron chi connectivity index (χ1n) is 9.14. The van der Waals surface area contributed by atoms with Gasteiger partial charge in [-0.2, -0.15) is 0 Å². The molecule has 1 saturated carbocycles. The van der Waals surface area contributed by atoms with Crippen LogP contribution in [0.1, 0.15) is 44.9 Å². The summed E-state index contributed by atoms with van der Waals surface area (Å²) in [5.74, 6) is -0.268. The van der Waals surface area contributed by atoms with Gasteiger partial charge in [-0.3, -0.25) is 14.5 Å². The average molecular weight is 359 g/mol. The first kappa shape index (κ1) is 19.5. The lowest BCUT2D eigenvalue weighted by molar-refractivity contribution is -0.138. The van der Waals surface area contributed by atoms with Crippen LogP contribution >= 0.6 is 12.4 Å². The Morgan fingerprint density at radius 1 is 1.12 bits per heavy atom. The van der Waals surface area contributed by atoms with Crippen molar-refractivity contribution in [2.75, 3.05) is 39.3 Å². The van der Waals surface area contributed by atoms with E-state index >= 15 is 0 Å². The molecule has 2 saturated heterocycles. The minimum atomic E-state index is -0.270. The van der Waals surface area contributed by atoms with Crippen LogP contribution in [0.2, 0.25) is 0 Å². The third-order valence-corrected chi connectivity index (χ3v) is 5.97. The molecule has 0 aromatic heterocycles. The largest absolute Gasteiger partial charge is 0.369 e. The highest BCUT2D eigenvalue weighted by atomic mass is 35.5. The lowest BCUT2D eigenvalue weighted by Gasteiger charge is -2.50. The number of nitrogens with two attached hydrogens (primary N) is 1. The zero-order chi connectivity index (χ0) is 16.3. The number of carbonyl (C=O) groups excluding carboxylic acids is 2. The van der Waals surface area contributed by atoms with E-state index in [0.29, 0.717) is 13.1 Å². The molecule has 1 spiro atoms. The Morgan fingerprint density at radius 3 is 2.58 bits per heavy atom. The highest BCUT2D eigenvalue weighted by Gasteiger charge is 2.41. The zero-order valence-electron chi connectivity index (χ0n) is 14.5. The first-order valence-corrected chi connectivity index (χ1v) is 9.14. The Bertz CT molecular complexity index is 446. The number of carbonyl (C=O) groups is 2. The van der Waals surface area contributed by atoms with Crippen LogP contribution in [-0.4, -0.2) is 66.4 Å².